The minimum absolute atomic E-state index is 0.0190. The van der Waals surface area contributed by atoms with Crippen molar-refractivity contribution in [1.29, 1.82) is 0 Å². The van der Waals surface area contributed by atoms with Crippen LogP contribution in [0.4, 0.5) is 0 Å². The molecule has 5 aliphatic carbocycles. The van der Waals surface area contributed by atoms with Crippen molar-refractivity contribution in [3.8, 4) is 0 Å². The first-order valence-electron chi connectivity index (χ1n) is 16.2. The summed E-state index contributed by atoms with van der Waals surface area (Å²) in [5.41, 5.74) is -0.717. The molecule has 1 aromatic carbocycles. The van der Waals surface area contributed by atoms with E-state index >= 15 is 0 Å². The highest BCUT2D eigenvalue weighted by Crippen LogP contribution is 2.70. The molecule has 1 saturated heterocycles. The van der Waals surface area contributed by atoms with E-state index < -0.39 is 23.4 Å². The number of aliphatic hydroxyl groups excluding tert-OH is 1. The van der Waals surface area contributed by atoms with Crippen molar-refractivity contribution in [1.82, 2.24) is 9.97 Å². The summed E-state index contributed by atoms with van der Waals surface area (Å²) in [4.78, 5) is 47.1. The number of fused-ring (bicyclic) bond motifs is 8. The average Bonchev–Trinajstić information content (AvgIpc) is 3.72. The Morgan fingerprint density at radius 3 is 2.77 bits per heavy atom. The smallest absolute Gasteiger partial charge is 0.259 e. The molecule has 0 spiro atoms. The number of Topliss-reactive ketones (excluding diaryl/α,β-unsaturated/α-hetero) is 1. The van der Waals surface area contributed by atoms with E-state index in [0.717, 1.165) is 44.1 Å². The van der Waals surface area contributed by atoms with Gasteiger partial charge in [0.1, 0.15) is 0 Å². The van der Waals surface area contributed by atoms with Crippen molar-refractivity contribution < 1.29 is 24.2 Å². The standard InChI is InChI=1S/C35H40N2O6S/c1-33-14-13-21(38)15-20(33)11-12-22-24-16-28-35(34(24,2)17-26(39)29(22)33,43-31(42-28)19-7-3-4-8-19)27(40)18-44-32-36-25-10-6-5-9-23(25)30(41)37-32/h5-6,9-10,13-15,19,22,24,26,28-29,31,39H,3-4,7-8,11-12,16-18H2,1-2H3,(H,36,37,41)/t22?,24?,26?,28-,29?,31?,33?,34?,35-/m1/s1. The van der Waals surface area contributed by atoms with Crippen LogP contribution in [-0.4, -0.2) is 56.5 Å². The maximum absolute atomic E-state index is 14.7. The molecule has 0 amide bonds. The summed E-state index contributed by atoms with van der Waals surface area (Å²) in [7, 11) is 0. The minimum Gasteiger partial charge on any atom is -0.393 e. The Balaban J connectivity index is 1.14. The van der Waals surface area contributed by atoms with Crippen LogP contribution in [0.5, 0.6) is 0 Å². The van der Waals surface area contributed by atoms with Crippen molar-refractivity contribution in [2.45, 2.75) is 94.5 Å². The molecule has 9 heteroatoms. The van der Waals surface area contributed by atoms with Gasteiger partial charge in [-0.05, 0) is 74.6 Å². The van der Waals surface area contributed by atoms with Crippen molar-refractivity contribution in [3.63, 3.8) is 0 Å². The second-order valence-electron chi connectivity index (χ2n) is 14.4. The maximum atomic E-state index is 14.7. The van der Waals surface area contributed by atoms with Gasteiger partial charge in [0.25, 0.3) is 5.56 Å². The number of rotatable bonds is 5. The Hall–Kier alpha value is -2.59. The molecule has 232 valence electrons. The molecule has 8 rings (SSSR count). The topological polar surface area (TPSA) is 119 Å². The van der Waals surface area contributed by atoms with Gasteiger partial charge >= 0.3 is 0 Å². The highest BCUT2D eigenvalue weighted by molar-refractivity contribution is 7.99. The van der Waals surface area contributed by atoms with Crippen molar-refractivity contribution in [2.24, 2.45) is 34.5 Å². The van der Waals surface area contributed by atoms with E-state index in [2.05, 4.69) is 23.8 Å². The summed E-state index contributed by atoms with van der Waals surface area (Å²) in [5.74, 6) is 0.578. The number of H-pyrrole nitrogens is 1. The number of nitrogens with one attached hydrogen (secondary N) is 1. The molecule has 4 saturated carbocycles. The molecule has 2 aromatic rings. The minimum atomic E-state index is -1.18. The van der Waals surface area contributed by atoms with E-state index in [1.165, 1.54) is 11.8 Å². The largest absolute Gasteiger partial charge is 0.393 e. The van der Waals surface area contributed by atoms with E-state index in [9.17, 15) is 19.5 Å². The molecular formula is C35H40N2O6S. The third kappa shape index (κ3) is 4.01. The second-order valence-corrected chi connectivity index (χ2v) is 15.4. The van der Waals surface area contributed by atoms with Gasteiger partial charge in [-0.15, -0.1) is 0 Å². The molecule has 1 aromatic heterocycles. The number of aromatic nitrogens is 2. The number of hydrogen-bond donors (Lipinski definition) is 2. The van der Waals surface area contributed by atoms with Crippen LogP contribution >= 0.6 is 11.8 Å². The van der Waals surface area contributed by atoms with Crippen LogP contribution < -0.4 is 5.56 Å². The number of carbonyl (C=O) groups excluding carboxylic acids is 2. The number of para-hydroxylation sites is 1. The van der Waals surface area contributed by atoms with E-state index in [4.69, 9.17) is 9.47 Å². The van der Waals surface area contributed by atoms with Crippen LogP contribution in [0.15, 0.2) is 58.0 Å². The molecule has 1 aliphatic heterocycles. The fraction of sp³-hybridized carbons (Fsp3) is 0.600. The molecule has 9 atom stereocenters. The third-order valence-electron chi connectivity index (χ3n) is 12.4. The molecule has 0 bridgehead atoms. The molecule has 5 fully saturated rings. The van der Waals surface area contributed by atoms with Crippen molar-refractivity contribution >= 4 is 34.2 Å². The fourth-order valence-electron chi connectivity index (χ4n) is 10.4. The SMILES string of the molecule is CC12C=CC(=O)C=C1CCC1C2C(O)CC2(C)C1C[C@H]1OC(C3CCCC3)O[C@]12C(=O)CSc1nc2ccccc2c(=O)[nH]1. The lowest BCUT2D eigenvalue weighted by atomic mass is 9.46. The number of aliphatic hydroxyl groups is 1. The van der Waals surface area contributed by atoms with Gasteiger partial charge in [0, 0.05) is 22.7 Å². The lowest BCUT2D eigenvalue weighted by Crippen LogP contribution is -2.63. The average molecular weight is 617 g/mol. The number of ketones is 2. The number of aromatic amines is 1. The molecular weight excluding hydrogens is 576 g/mol. The number of carbonyl (C=O) groups is 2. The normalized spacial score (nSPS) is 41.2. The summed E-state index contributed by atoms with van der Waals surface area (Å²) in [6, 6.07) is 7.19. The number of hydrogen-bond acceptors (Lipinski definition) is 8. The Labute approximate surface area is 261 Å². The summed E-state index contributed by atoms with van der Waals surface area (Å²) in [5, 5.41) is 12.9. The van der Waals surface area contributed by atoms with E-state index in [1.54, 1.807) is 30.4 Å². The number of benzene rings is 1. The van der Waals surface area contributed by atoms with Crippen LogP contribution in [0.3, 0.4) is 0 Å². The van der Waals surface area contributed by atoms with Crippen molar-refractivity contribution in [2.75, 3.05) is 5.75 Å². The summed E-state index contributed by atoms with van der Waals surface area (Å²) in [6.45, 7) is 4.32. The summed E-state index contributed by atoms with van der Waals surface area (Å²) >= 11 is 1.23. The van der Waals surface area contributed by atoms with Gasteiger partial charge < -0.3 is 19.6 Å². The van der Waals surface area contributed by atoms with Gasteiger partial charge in [-0.3, -0.25) is 14.4 Å². The number of nitrogens with zero attached hydrogens (tertiary/aromatic N) is 1. The molecule has 7 unspecified atom stereocenters. The quantitative estimate of drug-likeness (QED) is 0.350. The van der Waals surface area contributed by atoms with E-state index in [1.807, 2.05) is 12.1 Å². The van der Waals surface area contributed by atoms with E-state index in [0.29, 0.717) is 28.9 Å². The first-order valence-corrected chi connectivity index (χ1v) is 17.2. The Bertz CT molecular complexity index is 1660. The van der Waals surface area contributed by atoms with Gasteiger partial charge in [-0.2, -0.15) is 0 Å². The Morgan fingerprint density at radius 2 is 1.95 bits per heavy atom. The second kappa shape index (κ2) is 10.2. The van der Waals surface area contributed by atoms with Gasteiger partial charge in [0.05, 0.1) is 28.9 Å². The van der Waals surface area contributed by atoms with Gasteiger partial charge in [0.15, 0.2) is 28.6 Å². The number of allylic oxidation sites excluding steroid dienone is 4. The highest BCUT2D eigenvalue weighted by atomic mass is 32.2. The fourth-order valence-corrected chi connectivity index (χ4v) is 11.2. The predicted octanol–water partition coefficient (Wildman–Crippen LogP) is 5.14. The lowest BCUT2D eigenvalue weighted by molar-refractivity contribution is -0.205. The first-order chi connectivity index (χ1) is 21.1. The molecule has 44 heavy (non-hydrogen) atoms. The molecule has 2 heterocycles. The van der Waals surface area contributed by atoms with Crippen molar-refractivity contribution in [3.05, 3.63) is 58.4 Å². The number of thioether (sulfide) groups is 1. The van der Waals surface area contributed by atoms with Crippen LogP contribution in [0.25, 0.3) is 10.9 Å². The zero-order chi connectivity index (χ0) is 30.4. The predicted molar refractivity (Wildman–Crippen MR) is 166 cm³/mol. The first kappa shape index (κ1) is 28.9. The van der Waals surface area contributed by atoms with Gasteiger partial charge in [0.2, 0.25) is 0 Å². The zero-order valence-corrected chi connectivity index (χ0v) is 26.1. The monoisotopic (exact) mass is 616 g/mol. The molecule has 0 radical (unpaired) electrons. The van der Waals surface area contributed by atoms with Crippen LogP contribution in [0.1, 0.15) is 65.2 Å². The Kier molecular flexibility index (Phi) is 6.69. The van der Waals surface area contributed by atoms with Crippen LogP contribution in [0.2, 0.25) is 0 Å². The maximum Gasteiger partial charge on any atom is 0.259 e. The molecule has 8 nitrogen and oxygen atoms in total. The summed E-state index contributed by atoms with van der Waals surface area (Å²) < 4.78 is 13.8. The lowest BCUT2D eigenvalue weighted by Gasteiger charge is -2.59. The van der Waals surface area contributed by atoms with Gasteiger partial charge in [-0.1, -0.05) is 62.2 Å². The zero-order valence-electron chi connectivity index (χ0n) is 25.3. The summed E-state index contributed by atoms with van der Waals surface area (Å²) in [6.07, 6.45) is 11.1. The molecule has 2 N–H and O–H groups in total. The Morgan fingerprint density at radius 1 is 1.16 bits per heavy atom. The van der Waals surface area contributed by atoms with Gasteiger partial charge in [-0.25, -0.2) is 4.98 Å². The highest BCUT2D eigenvalue weighted by Gasteiger charge is 2.76. The molecule has 6 aliphatic rings. The third-order valence-corrected chi connectivity index (χ3v) is 13.3. The van der Waals surface area contributed by atoms with Crippen LogP contribution in [0, 0.1) is 34.5 Å². The number of ether oxygens (including phenoxy) is 2. The van der Waals surface area contributed by atoms with Crippen LogP contribution in [-0.2, 0) is 19.1 Å². The van der Waals surface area contributed by atoms with E-state index in [-0.39, 0.29) is 58.1 Å².